The van der Waals surface area contributed by atoms with Crippen molar-refractivity contribution in [3.63, 3.8) is 0 Å². The predicted molar refractivity (Wildman–Crippen MR) is 92.3 cm³/mol. The normalized spacial score (nSPS) is 22.4. The average molecular weight is 346 g/mol. The smallest absolute Gasteiger partial charge is 0.249 e. The molecule has 0 saturated carbocycles. The van der Waals surface area contributed by atoms with E-state index in [1.807, 2.05) is 13.8 Å². The summed E-state index contributed by atoms with van der Waals surface area (Å²) in [5.74, 6) is 0.521. The van der Waals surface area contributed by atoms with Crippen LogP contribution in [0.25, 0.3) is 0 Å². The monoisotopic (exact) mass is 346 g/mol. The highest BCUT2D eigenvalue weighted by Crippen LogP contribution is 2.34. The fourth-order valence-corrected chi connectivity index (χ4v) is 2.88. The summed E-state index contributed by atoms with van der Waals surface area (Å²) in [5, 5.41) is 5.62. The number of carbonyl (C=O) groups is 2. The number of thioether (sulfide) groups is 1. The second-order valence-corrected chi connectivity index (χ2v) is 7.97. The lowest BCUT2D eigenvalue weighted by Crippen LogP contribution is -2.57. The van der Waals surface area contributed by atoms with Crippen molar-refractivity contribution in [2.24, 2.45) is 5.41 Å². The van der Waals surface area contributed by atoms with Crippen LogP contribution >= 0.6 is 11.8 Å². The molecule has 0 bridgehead atoms. The van der Waals surface area contributed by atoms with E-state index in [4.69, 9.17) is 9.47 Å². The Labute approximate surface area is 143 Å². The van der Waals surface area contributed by atoms with Crippen LogP contribution in [0.5, 0.6) is 0 Å². The van der Waals surface area contributed by atoms with E-state index in [9.17, 15) is 9.59 Å². The molecule has 23 heavy (non-hydrogen) atoms. The average Bonchev–Trinajstić information content (AvgIpc) is 2.46. The molecule has 1 fully saturated rings. The molecular weight excluding hydrogens is 316 g/mol. The number of nitrogens with one attached hydrogen (secondary N) is 2. The lowest BCUT2D eigenvalue weighted by Gasteiger charge is -2.44. The van der Waals surface area contributed by atoms with Crippen molar-refractivity contribution >= 4 is 23.6 Å². The molecular formula is C16H30N2O4S. The van der Waals surface area contributed by atoms with Crippen LogP contribution in [0.1, 0.15) is 41.0 Å². The van der Waals surface area contributed by atoms with Crippen molar-refractivity contribution in [3.05, 3.63) is 0 Å². The lowest BCUT2D eigenvalue weighted by atomic mass is 9.85. The van der Waals surface area contributed by atoms with Gasteiger partial charge in [-0.3, -0.25) is 9.59 Å². The van der Waals surface area contributed by atoms with E-state index in [0.29, 0.717) is 25.4 Å². The molecule has 1 saturated heterocycles. The third-order valence-corrected chi connectivity index (χ3v) is 4.63. The zero-order valence-corrected chi connectivity index (χ0v) is 15.7. The summed E-state index contributed by atoms with van der Waals surface area (Å²) in [4.78, 5) is 23.9. The second-order valence-electron chi connectivity index (χ2n) is 6.87. The minimum atomic E-state index is -0.762. The molecule has 2 N–H and O–H groups in total. The van der Waals surface area contributed by atoms with Gasteiger partial charge in [0.15, 0.2) is 5.79 Å². The Hall–Kier alpha value is -0.790. The van der Waals surface area contributed by atoms with Crippen LogP contribution in [0.15, 0.2) is 0 Å². The van der Waals surface area contributed by atoms with Crippen LogP contribution in [0, 0.1) is 5.41 Å². The summed E-state index contributed by atoms with van der Waals surface area (Å²) >= 11 is 1.61. The number of carbonyl (C=O) groups excluding carboxylic acids is 2. The Kier molecular flexibility index (Phi) is 7.83. The molecule has 1 heterocycles. The SMILES string of the molecule is CCCSCC(=O)NCCNC(=O)[C@@H]1OC(C)(C)OCC1(C)C. The molecule has 2 amide bonds. The van der Waals surface area contributed by atoms with Crippen LogP contribution in [0.2, 0.25) is 0 Å². The van der Waals surface area contributed by atoms with E-state index >= 15 is 0 Å². The number of ether oxygens (including phenoxy) is 2. The molecule has 134 valence electrons. The maximum Gasteiger partial charge on any atom is 0.249 e. The summed E-state index contributed by atoms with van der Waals surface area (Å²) in [6.45, 7) is 10.8. The third kappa shape index (κ3) is 7.10. The Balaban J connectivity index is 2.31. The van der Waals surface area contributed by atoms with Crippen molar-refractivity contribution in [1.29, 1.82) is 0 Å². The first kappa shape index (κ1) is 20.3. The molecule has 0 spiro atoms. The fourth-order valence-electron chi connectivity index (χ4n) is 2.16. The van der Waals surface area contributed by atoms with Crippen LogP contribution in [0.4, 0.5) is 0 Å². The van der Waals surface area contributed by atoms with Gasteiger partial charge in [-0.05, 0) is 26.0 Å². The molecule has 0 radical (unpaired) electrons. The topological polar surface area (TPSA) is 76.7 Å². The highest BCUT2D eigenvalue weighted by molar-refractivity contribution is 7.99. The molecule has 1 aliphatic heterocycles. The molecule has 0 aromatic carbocycles. The van der Waals surface area contributed by atoms with Crippen LogP contribution in [0.3, 0.4) is 0 Å². The first-order valence-electron chi connectivity index (χ1n) is 8.12. The van der Waals surface area contributed by atoms with Gasteiger partial charge in [-0.25, -0.2) is 0 Å². The van der Waals surface area contributed by atoms with Gasteiger partial charge in [0.25, 0.3) is 0 Å². The Morgan fingerprint density at radius 1 is 1.17 bits per heavy atom. The van der Waals surface area contributed by atoms with Gasteiger partial charge in [-0.15, -0.1) is 0 Å². The zero-order valence-electron chi connectivity index (χ0n) is 14.9. The maximum atomic E-state index is 12.3. The first-order chi connectivity index (χ1) is 10.7. The summed E-state index contributed by atoms with van der Waals surface area (Å²) < 4.78 is 11.4. The summed E-state index contributed by atoms with van der Waals surface area (Å²) in [6, 6.07) is 0. The van der Waals surface area contributed by atoms with E-state index in [0.717, 1.165) is 12.2 Å². The minimum absolute atomic E-state index is 0.00137. The fraction of sp³-hybridized carbons (Fsp3) is 0.875. The molecule has 0 unspecified atom stereocenters. The van der Waals surface area contributed by atoms with Crippen LogP contribution < -0.4 is 10.6 Å². The lowest BCUT2D eigenvalue weighted by molar-refractivity contribution is -0.304. The number of amides is 2. The Morgan fingerprint density at radius 2 is 1.83 bits per heavy atom. The zero-order chi connectivity index (χ0) is 17.5. The molecule has 0 aliphatic carbocycles. The van der Waals surface area contributed by atoms with E-state index in [2.05, 4.69) is 17.6 Å². The molecule has 7 heteroatoms. The standard InChI is InChI=1S/C16H30N2O4S/c1-6-9-23-10-12(19)17-7-8-18-14(20)13-15(2,3)11-21-16(4,5)22-13/h13H,6-11H2,1-5H3,(H,17,19)(H,18,20)/t13-/m0/s1. The van der Waals surface area contributed by atoms with Crippen molar-refractivity contribution in [2.45, 2.75) is 52.9 Å². The van der Waals surface area contributed by atoms with Gasteiger partial charge >= 0.3 is 0 Å². The highest BCUT2D eigenvalue weighted by atomic mass is 32.2. The second kappa shape index (κ2) is 8.89. The summed E-state index contributed by atoms with van der Waals surface area (Å²) in [5.41, 5.74) is -0.389. The third-order valence-electron chi connectivity index (χ3n) is 3.47. The highest BCUT2D eigenvalue weighted by Gasteiger charge is 2.45. The van der Waals surface area contributed by atoms with E-state index in [1.54, 1.807) is 25.6 Å². The molecule has 0 aromatic heterocycles. The van der Waals surface area contributed by atoms with Gasteiger partial charge < -0.3 is 20.1 Å². The van der Waals surface area contributed by atoms with Gasteiger partial charge in [0, 0.05) is 18.5 Å². The van der Waals surface area contributed by atoms with Gasteiger partial charge in [0.1, 0.15) is 6.10 Å². The van der Waals surface area contributed by atoms with E-state index < -0.39 is 11.9 Å². The Bertz CT molecular complexity index is 413. The molecule has 6 nitrogen and oxygen atoms in total. The van der Waals surface area contributed by atoms with Gasteiger partial charge in [-0.1, -0.05) is 20.8 Å². The minimum Gasteiger partial charge on any atom is -0.354 e. The first-order valence-corrected chi connectivity index (χ1v) is 9.27. The van der Waals surface area contributed by atoms with Crippen molar-refractivity contribution < 1.29 is 19.1 Å². The number of hydrogen-bond acceptors (Lipinski definition) is 5. The van der Waals surface area contributed by atoms with Gasteiger partial charge in [0.05, 0.1) is 12.4 Å². The van der Waals surface area contributed by atoms with Crippen molar-refractivity contribution in [1.82, 2.24) is 10.6 Å². The van der Waals surface area contributed by atoms with Gasteiger partial charge in [-0.2, -0.15) is 11.8 Å². The van der Waals surface area contributed by atoms with E-state index in [1.165, 1.54) is 0 Å². The Morgan fingerprint density at radius 3 is 2.48 bits per heavy atom. The summed E-state index contributed by atoms with van der Waals surface area (Å²) in [7, 11) is 0. The number of rotatable bonds is 8. The van der Waals surface area contributed by atoms with Crippen molar-refractivity contribution in [2.75, 3.05) is 31.2 Å². The molecule has 1 atom stereocenters. The quantitative estimate of drug-likeness (QED) is 0.652. The molecule has 1 rings (SSSR count). The van der Waals surface area contributed by atoms with Crippen LogP contribution in [-0.4, -0.2) is 54.9 Å². The molecule has 1 aliphatic rings. The van der Waals surface area contributed by atoms with Crippen LogP contribution in [-0.2, 0) is 19.1 Å². The van der Waals surface area contributed by atoms with Gasteiger partial charge in [0.2, 0.25) is 11.8 Å². The van der Waals surface area contributed by atoms with E-state index in [-0.39, 0.29) is 17.2 Å². The number of hydrogen-bond donors (Lipinski definition) is 2. The summed E-state index contributed by atoms with van der Waals surface area (Å²) in [6.07, 6.45) is 0.493. The molecule has 0 aromatic rings. The largest absolute Gasteiger partial charge is 0.354 e. The maximum absolute atomic E-state index is 12.3. The van der Waals surface area contributed by atoms with Crippen molar-refractivity contribution in [3.8, 4) is 0 Å². The predicted octanol–water partition coefficient (Wildman–Crippen LogP) is 1.54.